The van der Waals surface area contributed by atoms with Crippen LogP contribution in [0, 0.1) is 0 Å². The second-order valence-electron chi connectivity index (χ2n) is 4.97. The molecule has 136 valence electrons. The fourth-order valence-corrected chi connectivity index (χ4v) is 3.00. The third-order valence-corrected chi connectivity index (χ3v) is 5.15. The Bertz CT molecular complexity index is 801. The Hall–Kier alpha value is -2.16. The summed E-state index contributed by atoms with van der Waals surface area (Å²) in [4.78, 5) is 23.0. The minimum Gasteiger partial charge on any atom is -0.452 e. The summed E-state index contributed by atoms with van der Waals surface area (Å²) in [6.07, 6.45) is 6.04. The van der Waals surface area contributed by atoms with E-state index in [-0.39, 0.29) is 15.6 Å². The number of nitrogens with one attached hydrogen (secondary N) is 1. The molecule has 0 saturated carbocycles. The molecule has 0 aliphatic carbocycles. The molecule has 0 radical (unpaired) electrons. The van der Waals surface area contributed by atoms with Gasteiger partial charge in [-0.05, 0) is 25.1 Å². The van der Waals surface area contributed by atoms with E-state index in [1.165, 1.54) is 44.4 Å². The van der Waals surface area contributed by atoms with Crippen molar-refractivity contribution in [1.82, 2.24) is 4.31 Å². The van der Waals surface area contributed by atoms with Crippen LogP contribution >= 0.6 is 11.6 Å². The van der Waals surface area contributed by atoms with E-state index in [1.807, 2.05) is 0 Å². The number of benzene rings is 1. The van der Waals surface area contributed by atoms with Gasteiger partial charge in [0.25, 0.3) is 5.91 Å². The second-order valence-corrected chi connectivity index (χ2v) is 7.50. The molecule has 0 heterocycles. The van der Waals surface area contributed by atoms with E-state index >= 15 is 0 Å². The summed E-state index contributed by atoms with van der Waals surface area (Å²) >= 11 is 5.92. The van der Waals surface area contributed by atoms with Crippen molar-refractivity contribution in [3.05, 3.63) is 47.5 Å². The van der Waals surface area contributed by atoms with Gasteiger partial charge in [0, 0.05) is 25.9 Å². The quantitative estimate of drug-likeness (QED) is 0.440. The van der Waals surface area contributed by atoms with Crippen molar-refractivity contribution in [1.29, 1.82) is 0 Å². The van der Waals surface area contributed by atoms with Gasteiger partial charge >= 0.3 is 5.97 Å². The summed E-state index contributed by atoms with van der Waals surface area (Å²) in [5.41, 5.74) is 0.218. The fourth-order valence-electron chi connectivity index (χ4n) is 1.60. The van der Waals surface area contributed by atoms with Crippen LogP contribution in [0.4, 0.5) is 5.69 Å². The van der Waals surface area contributed by atoms with E-state index in [0.717, 1.165) is 4.31 Å². The molecule has 0 unspecified atom stereocenters. The molecule has 1 N–H and O–H groups in total. The lowest BCUT2D eigenvalue weighted by Crippen LogP contribution is -2.23. The monoisotopic (exact) mass is 386 g/mol. The Labute approximate surface area is 152 Å². The van der Waals surface area contributed by atoms with Crippen LogP contribution < -0.4 is 5.32 Å². The summed E-state index contributed by atoms with van der Waals surface area (Å²) < 4.78 is 30.1. The van der Waals surface area contributed by atoms with Crippen molar-refractivity contribution < 1.29 is 22.7 Å². The highest BCUT2D eigenvalue weighted by Gasteiger charge is 2.21. The first kappa shape index (κ1) is 20.9. The normalized spacial score (nSPS) is 12.0. The molecule has 0 aromatic heterocycles. The Morgan fingerprint density at radius 3 is 2.56 bits per heavy atom. The van der Waals surface area contributed by atoms with Crippen LogP contribution in [0.2, 0.25) is 5.02 Å². The third kappa shape index (κ3) is 6.33. The smallest absolute Gasteiger partial charge is 0.331 e. The molecular weight excluding hydrogens is 368 g/mol. The van der Waals surface area contributed by atoms with Gasteiger partial charge in [-0.15, -0.1) is 0 Å². The summed E-state index contributed by atoms with van der Waals surface area (Å²) in [5.74, 6) is -1.27. The maximum absolute atomic E-state index is 12.2. The highest BCUT2D eigenvalue weighted by molar-refractivity contribution is 7.89. The molecular formula is C16H19ClN2O5S. The molecule has 0 aliphatic rings. The number of carbonyl (C=O) groups excluding carboxylic acids is 2. The lowest BCUT2D eigenvalue weighted by atomic mass is 10.3. The van der Waals surface area contributed by atoms with Crippen LogP contribution in [0.1, 0.15) is 6.92 Å². The van der Waals surface area contributed by atoms with Crippen molar-refractivity contribution >= 4 is 39.2 Å². The standard InChI is InChI=1S/C16H19ClN2O5S/c1-4-5-6-7-16(21)24-11-15(20)18-12-8-9-13(17)14(10-12)25(22,23)19(2)3/h4-10H,11H2,1-3H3,(H,18,20). The number of esters is 1. The van der Waals surface area contributed by atoms with Crippen LogP contribution in [0.25, 0.3) is 0 Å². The third-order valence-electron chi connectivity index (χ3n) is 2.85. The van der Waals surface area contributed by atoms with Gasteiger partial charge < -0.3 is 10.1 Å². The predicted molar refractivity (Wildman–Crippen MR) is 95.9 cm³/mol. The number of hydrogen-bond donors (Lipinski definition) is 1. The van der Waals surface area contributed by atoms with E-state index < -0.39 is 28.5 Å². The number of anilines is 1. The second kappa shape index (κ2) is 9.36. The predicted octanol–water partition coefficient (Wildman–Crippen LogP) is 2.20. The van der Waals surface area contributed by atoms with Crippen molar-refractivity contribution in [2.45, 2.75) is 11.8 Å². The number of ether oxygens (including phenoxy) is 1. The van der Waals surface area contributed by atoms with Crippen LogP contribution in [-0.4, -0.2) is 45.3 Å². The van der Waals surface area contributed by atoms with Gasteiger partial charge in [-0.1, -0.05) is 29.8 Å². The first-order valence-corrected chi connectivity index (χ1v) is 8.98. The van der Waals surface area contributed by atoms with E-state index in [4.69, 9.17) is 16.3 Å². The number of carbonyl (C=O) groups is 2. The van der Waals surface area contributed by atoms with Gasteiger partial charge in [-0.2, -0.15) is 0 Å². The molecule has 0 saturated heterocycles. The summed E-state index contributed by atoms with van der Waals surface area (Å²) in [5, 5.41) is 2.48. The van der Waals surface area contributed by atoms with Crippen molar-refractivity contribution in [2.24, 2.45) is 0 Å². The number of amides is 1. The van der Waals surface area contributed by atoms with E-state index in [9.17, 15) is 18.0 Å². The number of rotatable bonds is 7. The molecule has 1 aromatic rings. The zero-order valence-electron chi connectivity index (χ0n) is 14.0. The van der Waals surface area contributed by atoms with Gasteiger partial charge in [-0.3, -0.25) is 4.79 Å². The fraction of sp³-hybridized carbons (Fsp3) is 0.250. The minimum absolute atomic E-state index is 0.0345. The van der Waals surface area contributed by atoms with E-state index in [0.29, 0.717) is 0 Å². The number of allylic oxidation sites excluding steroid dienone is 3. The van der Waals surface area contributed by atoms with E-state index in [1.54, 1.807) is 19.1 Å². The summed E-state index contributed by atoms with van der Waals surface area (Å²) in [7, 11) is -1.01. The van der Waals surface area contributed by atoms with E-state index in [2.05, 4.69) is 5.32 Å². The number of nitrogens with zero attached hydrogens (tertiary/aromatic N) is 1. The average molecular weight is 387 g/mol. The molecule has 0 aliphatic heterocycles. The van der Waals surface area contributed by atoms with Crippen LogP contribution in [-0.2, 0) is 24.3 Å². The maximum Gasteiger partial charge on any atom is 0.331 e. The molecule has 9 heteroatoms. The first-order valence-electron chi connectivity index (χ1n) is 7.16. The van der Waals surface area contributed by atoms with Crippen LogP contribution in [0.15, 0.2) is 47.4 Å². The zero-order valence-corrected chi connectivity index (χ0v) is 15.6. The molecule has 0 atom stereocenters. The molecule has 0 spiro atoms. The Balaban J connectivity index is 2.78. The molecule has 1 amide bonds. The van der Waals surface area contributed by atoms with Crippen molar-refractivity contribution in [2.75, 3.05) is 26.0 Å². The Morgan fingerprint density at radius 1 is 1.28 bits per heavy atom. The van der Waals surface area contributed by atoms with Crippen LogP contribution in [0.5, 0.6) is 0 Å². The van der Waals surface area contributed by atoms with Crippen molar-refractivity contribution in [3.8, 4) is 0 Å². The number of hydrogen-bond acceptors (Lipinski definition) is 5. The summed E-state index contributed by atoms with van der Waals surface area (Å²) in [6, 6.07) is 4.05. The summed E-state index contributed by atoms with van der Waals surface area (Å²) in [6.45, 7) is 1.29. The lowest BCUT2D eigenvalue weighted by molar-refractivity contribution is -0.142. The van der Waals surface area contributed by atoms with Gasteiger partial charge in [-0.25, -0.2) is 17.5 Å². The largest absolute Gasteiger partial charge is 0.452 e. The SMILES string of the molecule is CC=CC=CC(=O)OCC(=O)Nc1ccc(Cl)c(S(=O)(=O)N(C)C)c1. The Kier molecular flexibility index (Phi) is 7.82. The number of sulfonamides is 1. The Morgan fingerprint density at radius 2 is 1.96 bits per heavy atom. The highest BCUT2D eigenvalue weighted by atomic mass is 35.5. The van der Waals surface area contributed by atoms with Crippen LogP contribution in [0.3, 0.4) is 0 Å². The minimum atomic E-state index is -3.76. The topological polar surface area (TPSA) is 92.8 Å². The first-order chi connectivity index (χ1) is 11.7. The molecule has 1 aromatic carbocycles. The van der Waals surface area contributed by atoms with Gasteiger partial charge in [0.05, 0.1) is 5.02 Å². The maximum atomic E-state index is 12.2. The zero-order chi connectivity index (χ0) is 19.0. The lowest BCUT2D eigenvalue weighted by Gasteiger charge is -2.14. The van der Waals surface area contributed by atoms with Gasteiger partial charge in [0.2, 0.25) is 10.0 Å². The molecule has 0 fully saturated rings. The van der Waals surface area contributed by atoms with Crippen molar-refractivity contribution in [3.63, 3.8) is 0 Å². The highest BCUT2D eigenvalue weighted by Crippen LogP contribution is 2.26. The molecule has 7 nitrogen and oxygen atoms in total. The molecule has 0 bridgehead atoms. The molecule has 25 heavy (non-hydrogen) atoms. The van der Waals surface area contributed by atoms with Gasteiger partial charge in [0.15, 0.2) is 6.61 Å². The van der Waals surface area contributed by atoms with Gasteiger partial charge in [0.1, 0.15) is 4.90 Å². The number of halogens is 1. The molecule has 1 rings (SSSR count). The average Bonchev–Trinajstić information content (AvgIpc) is 2.54.